The second-order valence-electron chi connectivity index (χ2n) is 7.75. The first-order valence-electron chi connectivity index (χ1n) is 10.3. The topological polar surface area (TPSA) is 71.3 Å². The number of likely N-dealkylation sites (tertiary alicyclic amines) is 1. The molecule has 4 rings (SSSR count). The predicted octanol–water partition coefficient (Wildman–Crippen LogP) is 6.53. The van der Waals surface area contributed by atoms with E-state index in [1.807, 2.05) is 6.07 Å². The Hall–Kier alpha value is -3.57. The van der Waals surface area contributed by atoms with Crippen LogP contribution in [0.4, 0.5) is 36.8 Å². The summed E-state index contributed by atoms with van der Waals surface area (Å²) in [6.45, 7) is 0.213. The number of halogens is 6. The number of alkyl halides is 6. The fourth-order valence-corrected chi connectivity index (χ4v) is 3.73. The second kappa shape index (κ2) is 8.99. The number of amides is 2. The molecule has 2 aromatic carbocycles. The number of carbonyl (C=O) groups excluding carboxylic acids is 1. The Bertz CT molecular complexity index is 1130. The molecule has 1 fully saturated rings. The highest BCUT2D eigenvalue weighted by Gasteiger charge is 2.38. The van der Waals surface area contributed by atoms with E-state index in [4.69, 9.17) is 4.52 Å². The monoisotopic (exact) mass is 484 g/mol. The van der Waals surface area contributed by atoms with Crippen LogP contribution in [0.15, 0.2) is 53.1 Å². The molecule has 1 N–H and O–H groups in total. The molecule has 1 aliphatic heterocycles. The van der Waals surface area contributed by atoms with Gasteiger partial charge in [0, 0.05) is 17.8 Å². The largest absolute Gasteiger partial charge is 0.416 e. The quantitative estimate of drug-likeness (QED) is 0.429. The highest BCUT2D eigenvalue weighted by molar-refractivity contribution is 5.90. The van der Waals surface area contributed by atoms with Crippen molar-refractivity contribution in [2.24, 2.45) is 0 Å². The molecule has 180 valence electrons. The van der Waals surface area contributed by atoms with Crippen LogP contribution in [0.3, 0.4) is 0 Å². The fraction of sp³-hybridized carbons (Fsp3) is 0.318. The maximum atomic E-state index is 13.1. The molecule has 2 amide bonds. The first-order valence-corrected chi connectivity index (χ1v) is 10.3. The number of piperidine rings is 1. The van der Waals surface area contributed by atoms with Crippen LogP contribution in [0.1, 0.15) is 42.3 Å². The van der Waals surface area contributed by atoms with Gasteiger partial charge < -0.3 is 14.7 Å². The fourth-order valence-electron chi connectivity index (χ4n) is 3.73. The molecule has 1 aliphatic rings. The Balaban J connectivity index is 1.59. The molecule has 0 aliphatic carbocycles. The molecule has 0 bridgehead atoms. The van der Waals surface area contributed by atoms with Crippen molar-refractivity contribution < 1.29 is 35.7 Å². The Labute approximate surface area is 189 Å². The zero-order chi connectivity index (χ0) is 24.5. The number of urea groups is 1. The van der Waals surface area contributed by atoms with Gasteiger partial charge in [-0.25, -0.2) is 4.79 Å². The smallest absolute Gasteiger partial charge is 0.337 e. The minimum absolute atomic E-state index is 0.00288. The molecule has 1 saturated heterocycles. The van der Waals surface area contributed by atoms with E-state index in [9.17, 15) is 31.1 Å². The lowest BCUT2D eigenvalue weighted by atomic mass is 10.0. The zero-order valence-electron chi connectivity index (χ0n) is 17.5. The van der Waals surface area contributed by atoms with Crippen molar-refractivity contribution in [1.82, 2.24) is 15.0 Å². The lowest BCUT2D eigenvalue weighted by Crippen LogP contribution is -2.41. The SMILES string of the molecule is O=C(Nc1cc(C(F)(F)F)cc(C(F)(F)F)c1)N1CCCCC1c1nc(-c2ccccc2)no1. The van der Waals surface area contributed by atoms with Crippen molar-refractivity contribution >= 4 is 11.7 Å². The summed E-state index contributed by atoms with van der Waals surface area (Å²) >= 11 is 0. The predicted molar refractivity (Wildman–Crippen MR) is 108 cm³/mol. The summed E-state index contributed by atoms with van der Waals surface area (Å²) in [6, 6.07) is 8.32. The van der Waals surface area contributed by atoms with Gasteiger partial charge in [0.05, 0.1) is 11.1 Å². The molecule has 0 spiro atoms. The summed E-state index contributed by atoms with van der Waals surface area (Å²) in [5.41, 5.74) is -2.96. The van der Waals surface area contributed by atoms with E-state index >= 15 is 0 Å². The number of nitrogens with one attached hydrogen (secondary N) is 1. The van der Waals surface area contributed by atoms with E-state index in [0.717, 1.165) is 6.42 Å². The molecule has 0 radical (unpaired) electrons. The summed E-state index contributed by atoms with van der Waals surface area (Å²) in [6.07, 6.45) is -8.28. The van der Waals surface area contributed by atoms with Gasteiger partial charge in [0.25, 0.3) is 0 Å². The molecule has 6 nitrogen and oxygen atoms in total. The molecule has 12 heteroatoms. The van der Waals surface area contributed by atoms with Gasteiger partial charge in [-0.1, -0.05) is 35.5 Å². The molecule has 3 aromatic rings. The second-order valence-corrected chi connectivity index (χ2v) is 7.75. The molecule has 1 atom stereocenters. The van der Waals surface area contributed by atoms with E-state index in [1.54, 1.807) is 24.3 Å². The van der Waals surface area contributed by atoms with Crippen molar-refractivity contribution in [3.8, 4) is 11.4 Å². The third-order valence-corrected chi connectivity index (χ3v) is 5.36. The van der Waals surface area contributed by atoms with Gasteiger partial charge in [0.1, 0.15) is 6.04 Å². The maximum Gasteiger partial charge on any atom is 0.416 e. The van der Waals surface area contributed by atoms with E-state index < -0.39 is 41.2 Å². The molecule has 0 saturated carbocycles. The Morgan fingerprint density at radius 1 is 0.971 bits per heavy atom. The summed E-state index contributed by atoms with van der Waals surface area (Å²) in [4.78, 5) is 18.5. The van der Waals surface area contributed by atoms with Crippen molar-refractivity contribution in [3.63, 3.8) is 0 Å². The van der Waals surface area contributed by atoms with Crippen LogP contribution in [0, 0.1) is 0 Å². The maximum absolute atomic E-state index is 13.1. The van der Waals surface area contributed by atoms with Crippen LogP contribution < -0.4 is 5.32 Å². The normalized spacial score (nSPS) is 17.0. The molecular weight excluding hydrogens is 466 g/mol. The molecular formula is C22H18F6N4O2. The average molecular weight is 484 g/mol. The Morgan fingerprint density at radius 2 is 1.62 bits per heavy atom. The highest BCUT2D eigenvalue weighted by Crippen LogP contribution is 2.38. The van der Waals surface area contributed by atoms with E-state index in [-0.39, 0.29) is 18.5 Å². The molecule has 34 heavy (non-hydrogen) atoms. The van der Waals surface area contributed by atoms with E-state index in [1.165, 1.54) is 4.90 Å². The number of hydrogen-bond donors (Lipinski definition) is 1. The summed E-state index contributed by atoms with van der Waals surface area (Å²) < 4.78 is 84.2. The molecule has 1 aromatic heterocycles. The van der Waals surface area contributed by atoms with Crippen molar-refractivity contribution in [3.05, 3.63) is 65.5 Å². The van der Waals surface area contributed by atoms with Crippen LogP contribution in [-0.2, 0) is 12.4 Å². The number of nitrogens with zero attached hydrogens (tertiary/aromatic N) is 3. The first kappa shape index (κ1) is 23.6. The number of benzene rings is 2. The minimum Gasteiger partial charge on any atom is -0.337 e. The summed E-state index contributed by atoms with van der Waals surface area (Å²) in [7, 11) is 0. The minimum atomic E-state index is -5.02. The summed E-state index contributed by atoms with van der Waals surface area (Å²) in [5, 5.41) is 6.09. The van der Waals surface area contributed by atoms with Crippen LogP contribution in [0.25, 0.3) is 11.4 Å². The van der Waals surface area contributed by atoms with Gasteiger partial charge in [-0.15, -0.1) is 0 Å². The molecule has 1 unspecified atom stereocenters. The van der Waals surface area contributed by atoms with Crippen LogP contribution in [0.2, 0.25) is 0 Å². The van der Waals surface area contributed by atoms with Gasteiger partial charge >= 0.3 is 18.4 Å². The lowest BCUT2D eigenvalue weighted by Gasteiger charge is -2.33. The number of aromatic nitrogens is 2. The summed E-state index contributed by atoms with van der Waals surface area (Å²) in [5.74, 6) is 0.433. The van der Waals surface area contributed by atoms with Gasteiger partial charge in [0.2, 0.25) is 11.7 Å². The van der Waals surface area contributed by atoms with E-state index in [0.29, 0.717) is 36.4 Å². The highest BCUT2D eigenvalue weighted by atomic mass is 19.4. The standard InChI is InChI=1S/C22H18F6N4O2/c23-21(24,25)14-10-15(22(26,27)28)12-16(11-14)29-20(33)32-9-5-4-8-17(32)19-30-18(31-34-19)13-6-2-1-3-7-13/h1-3,6-7,10-12,17H,4-5,8-9H2,(H,29,33). The van der Waals surface area contributed by atoms with Crippen molar-refractivity contribution in [2.75, 3.05) is 11.9 Å². The third kappa shape index (κ3) is 5.15. The first-order chi connectivity index (χ1) is 16.0. The van der Waals surface area contributed by atoms with Crippen LogP contribution in [-0.4, -0.2) is 27.6 Å². The number of hydrogen-bond acceptors (Lipinski definition) is 4. The van der Waals surface area contributed by atoms with Gasteiger partial charge in [-0.05, 0) is 37.5 Å². The van der Waals surface area contributed by atoms with Crippen LogP contribution in [0.5, 0.6) is 0 Å². The van der Waals surface area contributed by atoms with Crippen LogP contribution >= 0.6 is 0 Å². The Kier molecular flexibility index (Phi) is 6.24. The van der Waals surface area contributed by atoms with E-state index in [2.05, 4.69) is 15.5 Å². The third-order valence-electron chi connectivity index (χ3n) is 5.36. The zero-order valence-corrected chi connectivity index (χ0v) is 17.5. The number of anilines is 1. The van der Waals surface area contributed by atoms with Crippen molar-refractivity contribution in [1.29, 1.82) is 0 Å². The van der Waals surface area contributed by atoms with Crippen molar-refractivity contribution in [2.45, 2.75) is 37.7 Å². The average Bonchev–Trinajstić information content (AvgIpc) is 3.28. The van der Waals surface area contributed by atoms with Gasteiger partial charge in [0.15, 0.2) is 0 Å². The number of rotatable bonds is 3. The molecule has 2 heterocycles. The van der Waals surface area contributed by atoms with Gasteiger partial charge in [-0.3, -0.25) is 0 Å². The Morgan fingerprint density at radius 3 is 2.24 bits per heavy atom. The lowest BCUT2D eigenvalue weighted by molar-refractivity contribution is -0.143. The number of carbonyl (C=O) groups is 1. The van der Waals surface area contributed by atoms with Gasteiger partial charge in [-0.2, -0.15) is 31.3 Å².